The van der Waals surface area contributed by atoms with E-state index in [2.05, 4.69) is 49.5 Å². The van der Waals surface area contributed by atoms with Gasteiger partial charge in [0.25, 0.3) is 0 Å². The molecule has 1 aliphatic carbocycles. The molecular formula is C16H22N2. The third-order valence-corrected chi connectivity index (χ3v) is 4.29. The second kappa shape index (κ2) is 5.54. The van der Waals surface area contributed by atoms with Crippen molar-refractivity contribution in [3.8, 4) is 6.07 Å². The Kier molecular flexibility index (Phi) is 4.04. The van der Waals surface area contributed by atoms with E-state index >= 15 is 0 Å². The molecule has 2 heteroatoms. The van der Waals surface area contributed by atoms with Crippen LogP contribution in [0.2, 0.25) is 0 Å². The third kappa shape index (κ3) is 2.42. The largest absolute Gasteiger partial charge is 0.293 e. The second-order valence-corrected chi connectivity index (χ2v) is 5.36. The Bertz CT molecular complexity index is 420. The van der Waals surface area contributed by atoms with Crippen LogP contribution in [0, 0.1) is 17.2 Å². The van der Waals surface area contributed by atoms with E-state index < -0.39 is 0 Å². The van der Waals surface area contributed by atoms with Gasteiger partial charge in [-0.1, -0.05) is 50.1 Å². The van der Waals surface area contributed by atoms with Gasteiger partial charge < -0.3 is 0 Å². The lowest BCUT2D eigenvalue weighted by Crippen LogP contribution is -2.47. The first-order chi connectivity index (χ1) is 8.72. The van der Waals surface area contributed by atoms with Gasteiger partial charge in [-0.2, -0.15) is 5.26 Å². The molecule has 0 spiro atoms. The van der Waals surface area contributed by atoms with E-state index in [-0.39, 0.29) is 11.6 Å². The zero-order valence-corrected chi connectivity index (χ0v) is 11.3. The number of nitrogens with one attached hydrogen (secondary N) is 1. The monoisotopic (exact) mass is 242 g/mol. The maximum absolute atomic E-state index is 9.60. The molecule has 0 unspecified atom stereocenters. The van der Waals surface area contributed by atoms with Crippen LogP contribution >= 0.6 is 0 Å². The molecule has 0 bridgehead atoms. The van der Waals surface area contributed by atoms with E-state index in [0.717, 1.165) is 12.8 Å². The lowest BCUT2D eigenvalue weighted by atomic mass is 9.85. The summed E-state index contributed by atoms with van der Waals surface area (Å²) < 4.78 is 0. The molecule has 96 valence electrons. The summed E-state index contributed by atoms with van der Waals surface area (Å²) in [5.74, 6) is 0.494. The maximum Gasteiger partial charge on any atom is 0.110 e. The molecule has 1 saturated carbocycles. The molecule has 0 amide bonds. The minimum absolute atomic E-state index is 0.234. The molecule has 0 radical (unpaired) electrons. The normalized spacial score (nSPS) is 28.8. The lowest BCUT2D eigenvalue weighted by molar-refractivity contribution is 0.283. The summed E-state index contributed by atoms with van der Waals surface area (Å²) in [6.07, 6.45) is 4.42. The molecule has 18 heavy (non-hydrogen) atoms. The van der Waals surface area contributed by atoms with Crippen LogP contribution in [-0.2, 0) is 0 Å². The molecule has 1 fully saturated rings. The molecule has 0 aromatic heterocycles. The number of rotatable bonds is 4. The fraction of sp³-hybridized carbons (Fsp3) is 0.562. The van der Waals surface area contributed by atoms with Gasteiger partial charge >= 0.3 is 0 Å². The van der Waals surface area contributed by atoms with Crippen molar-refractivity contribution in [3.05, 3.63) is 35.9 Å². The Morgan fingerprint density at radius 1 is 1.44 bits per heavy atom. The van der Waals surface area contributed by atoms with Gasteiger partial charge in [-0.05, 0) is 31.2 Å². The molecule has 1 aromatic rings. The summed E-state index contributed by atoms with van der Waals surface area (Å²) in [5.41, 5.74) is 0.943. The highest BCUT2D eigenvalue weighted by atomic mass is 15.0. The number of hydrogen-bond acceptors (Lipinski definition) is 2. The van der Waals surface area contributed by atoms with Crippen LogP contribution in [0.3, 0.4) is 0 Å². The molecular weight excluding hydrogens is 220 g/mol. The minimum Gasteiger partial charge on any atom is -0.293 e. The highest BCUT2D eigenvalue weighted by Gasteiger charge is 2.42. The van der Waals surface area contributed by atoms with Crippen molar-refractivity contribution >= 4 is 0 Å². The summed E-state index contributed by atoms with van der Waals surface area (Å²) in [6.45, 7) is 4.34. The Morgan fingerprint density at radius 3 is 2.78 bits per heavy atom. The SMILES string of the molecule is CC[C@H]1CCC[C@]1(C#N)N[C@H](C)c1ccccc1. The van der Waals surface area contributed by atoms with Crippen molar-refractivity contribution in [1.82, 2.24) is 5.32 Å². The zero-order chi connectivity index (χ0) is 13.0. The van der Waals surface area contributed by atoms with Gasteiger partial charge in [-0.3, -0.25) is 5.32 Å². The summed E-state index contributed by atoms with van der Waals surface area (Å²) in [6, 6.07) is 13.2. The molecule has 1 aromatic carbocycles. The average molecular weight is 242 g/mol. The van der Waals surface area contributed by atoms with Crippen molar-refractivity contribution in [3.63, 3.8) is 0 Å². The zero-order valence-electron chi connectivity index (χ0n) is 11.3. The van der Waals surface area contributed by atoms with Gasteiger partial charge in [0.15, 0.2) is 0 Å². The van der Waals surface area contributed by atoms with Crippen molar-refractivity contribution < 1.29 is 0 Å². The highest BCUT2D eigenvalue weighted by molar-refractivity contribution is 5.22. The Morgan fingerprint density at radius 2 is 2.17 bits per heavy atom. The quantitative estimate of drug-likeness (QED) is 0.871. The lowest BCUT2D eigenvalue weighted by Gasteiger charge is -2.32. The molecule has 2 rings (SSSR count). The van der Waals surface area contributed by atoms with Crippen LogP contribution in [-0.4, -0.2) is 5.54 Å². The topological polar surface area (TPSA) is 35.8 Å². The third-order valence-electron chi connectivity index (χ3n) is 4.29. The first kappa shape index (κ1) is 13.1. The van der Waals surface area contributed by atoms with Crippen LogP contribution in [0.15, 0.2) is 30.3 Å². The molecule has 2 nitrogen and oxygen atoms in total. The van der Waals surface area contributed by atoms with Crippen LogP contribution in [0.4, 0.5) is 0 Å². The van der Waals surface area contributed by atoms with Gasteiger partial charge in [0.05, 0.1) is 6.07 Å². The smallest absolute Gasteiger partial charge is 0.110 e. The standard InChI is InChI=1S/C16H22N2/c1-3-15-10-7-11-16(15,12-17)18-13(2)14-8-5-4-6-9-14/h4-6,8-9,13,15,18H,3,7,10-11H2,1-2H3/t13-,15+,16-/m1/s1. The maximum atomic E-state index is 9.60. The number of nitrogens with zero attached hydrogens (tertiary/aromatic N) is 1. The molecule has 1 N–H and O–H groups in total. The molecule has 1 aliphatic rings. The van der Waals surface area contributed by atoms with Crippen molar-refractivity contribution in [1.29, 1.82) is 5.26 Å². The number of hydrogen-bond donors (Lipinski definition) is 1. The average Bonchev–Trinajstić information content (AvgIpc) is 2.83. The van der Waals surface area contributed by atoms with Gasteiger partial charge in [-0.15, -0.1) is 0 Å². The van der Waals surface area contributed by atoms with Crippen molar-refractivity contribution in [2.24, 2.45) is 5.92 Å². The summed E-state index contributed by atoms with van der Waals surface area (Å²) in [7, 11) is 0. The summed E-state index contributed by atoms with van der Waals surface area (Å²) in [5, 5.41) is 13.2. The van der Waals surface area contributed by atoms with Crippen molar-refractivity contribution in [2.75, 3.05) is 0 Å². The minimum atomic E-state index is -0.315. The molecule has 3 atom stereocenters. The molecule has 0 aliphatic heterocycles. The fourth-order valence-corrected chi connectivity index (χ4v) is 3.21. The second-order valence-electron chi connectivity index (χ2n) is 5.36. The van der Waals surface area contributed by atoms with Gasteiger partial charge in [0.1, 0.15) is 5.54 Å². The van der Waals surface area contributed by atoms with Gasteiger partial charge in [0.2, 0.25) is 0 Å². The number of nitriles is 1. The Hall–Kier alpha value is -1.33. The van der Waals surface area contributed by atoms with E-state index in [1.165, 1.54) is 18.4 Å². The molecule has 0 saturated heterocycles. The molecule has 0 heterocycles. The summed E-state index contributed by atoms with van der Waals surface area (Å²) in [4.78, 5) is 0. The highest BCUT2D eigenvalue weighted by Crippen LogP contribution is 2.39. The Labute approximate surface area is 110 Å². The van der Waals surface area contributed by atoms with E-state index in [1.54, 1.807) is 0 Å². The number of benzene rings is 1. The van der Waals surface area contributed by atoms with Crippen LogP contribution in [0.1, 0.15) is 51.1 Å². The first-order valence-electron chi connectivity index (χ1n) is 6.95. The van der Waals surface area contributed by atoms with E-state index in [9.17, 15) is 5.26 Å². The van der Waals surface area contributed by atoms with Gasteiger partial charge in [-0.25, -0.2) is 0 Å². The predicted octanol–water partition coefficient (Wildman–Crippen LogP) is 3.81. The predicted molar refractivity (Wildman–Crippen MR) is 74.0 cm³/mol. The van der Waals surface area contributed by atoms with E-state index in [1.807, 2.05) is 6.07 Å². The van der Waals surface area contributed by atoms with E-state index in [4.69, 9.17) is 0 Å². The van der Waals surface area contributed by atoms with Crippen LogP contribution < -0.4 is 5.32 Å². The van der Waals surface area contributed by atoms with Gasteiger partial charge in [0, 0.05) is 6.04 Å². The first-order valence-corrected chi connectivity index (χ1v) is 6.95. The van der Waals surface area contributed by atoms with Crippen LogP contribution in [0.5, 0.6) is 0 Å². The fourth-order valence-electron chi connectivity index (χ4n) is 3.21. The summed E-state index contributed by atoms with van der Waals surface area (Å²) >= 11 is 0. The van der Waals surface area contributed by atoms with Crippen LogP contribution in [0.25, 0.3) is 0 Å². The van der Waals surface area contributed by atoms with Crippen molar-refractivity contribution in [2.45, 2.75) is 51.1 Å². The van der Waals surface area contributed by atoms with E-state index in [0.29, 0.717) is 5.92 Å². The Balaban J connectivity index is 2.14.